The van der Waals surface area contributed by atoms with Gasteiger partial charge < -0.3 is 14.0 Å². The van der Waals surface area contributed by atoms with E-state index in [0.717, 1.165) is 66.7 Å². The third-order valence-electron chi connectivity index (χ3n) is 12.7. The summed E-state index contributed by atoms with van der Waals surface area (Å²) in [6.07, 6.45) is 1.48. The van der Waals surface area contributed by atoms with Crippen LogP contribution >= 0.6 is 0 Å². The van der Waals surface area contributed by atoms with Crippen molar-refractivity contribution in [3.63, 3.8) is 0 Å². The zero-order valence-electron chi connectivity index (χ0n) is 43.7. The van der Waals surface area contributed by atoms with E-state index < -0.39 is 6.85 Å². The maximum absolute atomic E-state index is 7.65. The van der Waals surface area contributed by atoms with Crippen molar-refractivity contribution in [2.24, 2.45) is 0 Å². The molecule has 0 fully saturated rings. The summed E-state index contributed by atoms with van der Waals surface area (Å²) in [7, 11) is 0. The smallest absolute Gasteiger partial charge is 0.121 e. The summed E-state index contributed by atoms with van der Waals surface area (Å²) < 4.78 is 32.1. The Morgan fingerprint density at radius 1 is 0.618 bits per heavy atom. The fraction of sp³-hybridized carbons (Fsp3) is 0.238. The largest absolute Gasteiger partial charge is 0.501 e. The molecule has 4 nitrogen and oxygen atoms in total. The molecule has 0 aliphatic rings. The molecule has 0 unspecified atom stereocenters. The van der Waals surface area contributed by atoms with Gasteiger partial charge in [0.25, 0.3) is 0 Å². The molecule has 0 N–H and O–H groups in total. The van der Waals surface area contributed by atoms with Gasteiger partial charge in [0.2, 0.25) is 0 Å². The fourth-order valence-electron chi connectivity index (χ4n) is 9.06. The van der Waals surface area contributed by atoms with Crippen LogP contribution in [-0.2, 0) is 30.9 Å². The van der Waals surface area contributed by atoms with E-state index in [1.54, 1.807) is 0 Å². The minimum absolute atomic E-state index is 0. The zero-order chi connectivity index (χ0) is 49.7. The molecule has 10 rings (SSSR count). The topological polar surface area (TPSA) is 43.9 Å². The number of para-hydroxylation sites is 2. The van der Waals surface area contributed by atoms with Crippen molar-refractivity contribution in [3.05, 3.63) is 198 Å². The number of benzene rings is 7. The number of rotatable bonds is 7. The molecule has 1 radical (unpaired) electrons. The predicted molar refractivity (Wildman–Crippen MR) is 282 cm³/mol. The molecule has 0 saturated heterocycles. The number of fused-ring (bicyclic) bond motifs is 4. The van der Waals surface area contributed by atoms with Gasteiger partial charge in [-0.05, 0) is 116 Å². The summed E-state index contributed by atoms with van der Waals surface area (Å²) in [5.41, 5.74) is 17.0. The molecule has 0 bridgehead atoms. The number of hydrogen-bond donors (Lipinski definition) is 0. The predicted octanol–water partition coefficient (Wildman–Crippen LogP) is 17.4. The van der Waals surface area contributed by atoms with Crippen LogP contribution in [0.25, 0.3) is 83.6 Å². The van der Waals surface area contributed by atoms with Crippen LogP contribution < -0.4 is 0 Å². The molecule has 7 aromatic carbocycles. The Balaban J connectivity index is 0.000000271. The number of pyridine rings is 1. The Kier molecular flexibility index (Phi) is 12.5. The van der Waals surface area contributed by atoms with E-state index in [1.165, 1.54) is 45.3 Å². The van der Waals surface area contributed by atoms with Crippen LogP contribution in [0.1, 0.15) is 113 Å². The van der Waals surface area contributed by atoms with Crippen molar-refractivity contribution < 1.29 is 28.6 Å². The molecule has 0 spiro atoms. The molecule has 68 heavy (non-hydrogen) atoms. The van der Waals surface area contributed by atoms with Gasteiger partial charge in [0.15, 0.2) is 0 Å². The second kappa shape index (κ2) is 19.3. The van der Waals surface area contributed by atoms with E-state index in [9.17, 15) is 0 Å². The van der Waals surface area contributed by atoms with Gasteiger partial charge in [-0.2, -0.15) is 0 Å². The SMILES string of the molecule is CC(C)c1cc(-c2ccc(C(C)(C)C)cc2)cc(C(C)C)c1-n1c(-c2[c-]ccc3c2oc2cc(-c4ccccc4)ccc23)nc2ccccc21.[2H]C([2H])([2H])c1cnc(-c2[c-]cccc2)cc1C(C)(C)C.[Ir]. The first-order valence-corrected chi connectivity index (χ1v) is 23.5. The molecule has 0 saturated carbocycles. The number of aromatic nitrogens is 3. The average Bonchev–Trinajstić information content (AvgIpc) is 3.92. The van der Waals surface area contributed by atoms with Crippen molar-refractivity contribution in [1.29, 1.82) is 0 Å². The molecule has 5 heteroatoms. The van der Waals surface area contributed by atoms with E-state index in [0.29, 0.717) is 5.56 Å². The summed E-state index contributed by atoms with van der Waals surface area (Å²) in [5.74, 6) is 1.38. The van der Waals surface area contributed by atoms with Gasteiger partial charge in [-0.25, -0.2) is 0 Å². The van der Waals surface area contributed by atoms with Gasteiger partial charge in [-0.1, -0.05) is 165 Å². The van der Waals surface area contributed by atoms with Crippen LogP contribution in [0, 0.1) is 19.0 Å². The Morgan fingerprint density at radius 2 is 1.28 bits per heavy atom. The number of furan rings is 1. The molecule has 0 aliphatic carbocycles. The molecule has 0 amide bonds. The molecular weight excluding hydrogens is 1010 g/mol. The Labute approximate surface area is 421 Å². The second-order valence-electron chi connectivity index (χ2n) is 20.3. The van der Waals surface area contributed by atoms with Crippen LogP contribution in [0.4, 0.5) is 0 Å². The first-order valence-electron chi connectivity index (χ1n) is 25.0. The van der Waals surface area contributed by atoms with Gasteiger partial charge in [0.05, 0.1) is 22.4 Å². The van der Waals surface area contributed by atoms with E-state index in [1.807, 2.05) is 63.2 Å². The van der Waals surface area contributed by atoms with Crippen LogP contribution in [0.15, 0.2) is 162 Å². The van der Waals surface area contributed by atoms with E-state index in [4.69, 9.17) is 13.5 Å². The molecule has 345 valence electrons. The average molecular weight is 1070 g/mol. The number of hydrogen-bond acceptors (Lipinski definition) is 3. The van der Waals surface area contributed by atoms with Crippen LogP contribution in [-0.4, -0.2) is 14.5 Å². The van der Waals surface area contributed by atoms with E-state index >= 15 is 0 Å². The van der Waals surface area contributed by atoms with Gasteiger partial charge in [-0.15, -0.1) is 54.1 Å². The van der Waals surface area contributed by atoms with Crippen molar-refractivity contribution in [2.75, 3.05) is 0 Å². The minimum atomic E-state index is -2.14. The number of aryl methyl sites for hydroxylation is 1. The van der Waals surface area contributed by atoms with E-state index in [-0.39, 0.29) is 42.8 Å². The first kappa shape index (κ1) is 44.1. The van der Waals surface area contributed by atoms with Crippen LogP contribution in [0.2, 0.25) is 0 Å². The molecule has 3 aromatic heterocycles. The normalized spacial score (nSPS) is 12.7. The fourth-order valence-corrected chi connectivity index (χ4v) is 9.06. The van der Waals surface area contributed by atoms with Crippen molar-refractivity contribution in [1.82, 2.24) is 14.5 Å². The molecule has 10 aromatic rings. The quantitative estimate of drug-likeness (QED) is 0.149. The molecule has 0 atom stereocenters. The van der Waals surface area contributed by atoms with Crippen molar-refractivity contribution in [3.8, 4) is 50.6 Å². The Bertz CT molecular complexity index is 3450. The second-order valence-corrected chi connectivity index (χ2v) is 20.3. The Morgan fingerprint density at radius 3 is 1.93 bits per heavy atom. The molecule has 0 aliphatic heterocycles. The van der Waals surface area contributed by atoms with Crippen LogP contribution in [0.3, 0.4) is 0 Å². The molecular formula is C63H61IrN3O-2. The van der Waals surface area contributed by atoms with E-state index in [2.05, 4.69) is 179 Å². The standard InChI is InChI=1S/C47H43N2O.C16H18N.Ir/c1-29(2)39-26-34(32-20-23-35(24-21-32)47(5,6)7)27-40(30(3)4)44(39)49-42-19-12-11-18-41(42)48-46(49)38-17-13-16-37-36-25-22-33(28-43(36)50-45(37)38)31-14-9-8-10-15-31;1-12-11-17-15(10-14(12)16(2,3)4)13-8-6-5-7-9-13;/h8-16,18-30H,1-7H3;5-8,10-11H,1-4H3;/q2*-1;/i;1D3;. The van der Waals surface area contributed by atoms with Gasteiger partial charge in [0, 0.05) is 41.5 Å². The van der Waals surface area contributed by atoms with Crippen LogP contribution in [0.5, 0.6) is 0 Å². The molecule has 3 heterocycles. The van der Waals surface area contributed by atoms with Crippen molar-refractivity contribution in [2.45, 2.75) is 98.8 Å². The summed E-state index contributed by atoms with van der Waals surface area (Å²) in [5, 5.41) is 2.15. The summed E-state index contributed by atoms with van der Waals surface area (Å²) in [6.45, 7) is 19.9. The number of nitrogens with zero attached hydrogens (tertiary/aromatic N) is 3. The summed E-state index contributed by atoms with van der Waals surface area (Å²) in [6, 6.07) is 59.6. The zero-order valence-corrected chi connectivity index (χ0v) is 43.1. The maximum Gasteiger partial charge on any atom is 0.121 e. The van der Waals surface area contributed by atoms with Crippen molar-refractivity contribution >= 4 is 33.0 Å². The Hall–Kier alpha value is -6.39. The first-order chi connectivity index (χ1) is 33.3. The third kappa shape index (κ3) is 9.53. The third-order valence-corrected chi connectivity index (χ3v) is 12.7. The minimum Gasteiger partial charge on any atom is -0.501 e. The summed E-state index contributed by atoms with van der Waals surface area (Å²) >= 11 is 0. The monoisotopic (exact) mass is 1070 g/mol. The number of imidazole rings is 1. The summed E-state index contributed by atoms with van der Waals surface area (Å²) in [4.78, 5) is 9.63. The van der Waals surface area contributed by atoms with Gasteiger partial charge >= 0.3 is 0 Å². The maximum atomic E-state index is 7.65. The van der Waals surface area contributed by atoms with Gasteiger partial charge in [0.1, 0.15) is 5.58 Å². The van der Waals surface area contributed by atoms with Gasteiger partial charge in [-0.3, -0.25) is 4.98 Å².